The van der Waals surface area contributed by atoms with Gasteiger partial charge in [0.15, 0.2) is 5.82 Å². The molecule has 0 aliphatic rings. The molecule has 4 nitrogen and oxygen atoms in total. The first-order chi connectivity index (χ1) is 8.29. The van der Waals surface area contributed by atoms with E-state index >= 15 is 0 Å². The Bertz CT molecular complexity index is 489. The summed E-state index contributed by atoms with van der Waals surface area (Å²) in [5, 5.41) is 3.98. The minimum absolute atomic E-state index is 0.659. The number of nitrogens with zero attached hydrogens (tertiary/aromatic N) is 2. The minimum Gasteiger partial charge on any atom is -0.383 e. The van der Waals surface area contributed by atoms with Gasteiger partial charge in [-0.15, -0.1) is 0 Å². The molecular formula is C11H12BrN3OS. The topological polar surface area (TPSA) is 47.0 Å². The van der Waals surface area contributed by atoms with Gasteiger partial charge in [0.2, 0.25) is 5.13 Å². The molecule has 0 radical (unpaired) electrons. The van der Waals surface area contributed by atoms with Crippen LogP contribution in [0.4, 0.5) is 5.13 Å². The number of methoxy groups -OCH3 is 1. The maximum atomic E-state index is 4.96. The highest BCUT2D eigenvalue weighted by molar-refractivity contribution is 9.10. The van der Waals surface area contributed by atoms with Gasteiger partial charge in [-0.1, -0.05) is 28.1 Å². The van der Waals surface area contributed by atoms with Gasteiger partial charge in [0.1, 0.15) is 0 Å². The maximum absolute atomic E-state index is 4.96. The molecule has 0 saturated carbocycles. The molecule has 90 valence electrons. The van der Waals surface area contributed by atoms with Crippen LogP contribution in [-0.2, 0) is 4.74 Å². The van der Waals surface area contributed by atoms with Crippen molar-refractivity contribution in [3.05, 3.63) is 28.7 Å². The Labute approximate surface area is 112 Å². The molecule has 1 N–H and O–H groups in total. The Hall–Kier alpha value is -0.980. The molecule has 0 aliphatic carbocycles. The van der Waals surface area contributed by atoms with Crippen LogP contribution in [0.3, 0.4) is 0 Å². The van der Waals surface area contributed by atoms with Crippen LogP contribution in [-0.4, -0.2) is 29.6 Å². The first-order valence-electron chi connectivity index (χ1n) is 5.12. The van der Waals surface area contributed by atoms with Gasteiger partial charge >= 0.3 is 0 Å². The van der Waals surface area contributed by atoms with Crippen molar-refractivity contribution in [1.82, 2.24) is 9.36 Å². The summed E-state index contributed by atoms with van der Waals surface area (Å²) in [4.78, 5) is 4.41. The smallest absolute Gasteiger partial charge is 0.202 e. The van der Waals surface area contributed by atoms with Gasteiger partial charge in [-0.2, -0.15) is 9.36 Å². The van der Waals surface area contributed by atoms with E-state index in [1.807, 2.05) is 24.3 Å². The van der Waals surface area contributed by atoms with Gasteiger partial charge in [0.05, 0.1) is 6.61 Å². The van der Waals surface area contributed by atoms with Crippen LogP contribution < -0.4 is 5.32 Å². The molecule has 0 amide bonds. The van der Waals surface area contributed by atoms with Crippen molar-refractivity contribution in [1.29, 1.82) is 0 Å². The number of anilines is 1. The molecule has 17 heavy (non-hydrogen) atoms. The van der Waals surface area contributed by atoms with Crippen LogP contribution in [0, 0.1) is 0 Å². The zero-order valence-electron chi connectivity index (χ0n) is 9.31. The fraction of sp³-hybridized carbons (Fsp3) is 0.273. The summed E-state index contributed by atoms with van der Waals surface area (Å²) in [6, 6.07) is 7.94. The predicted octanol–water partition coefficient (Wildman–Crippen LogP) is 3.03. The zero-order valence-corrected chi connectivity index (χ0v) is 11.7. The molecule has 0 aliphatic heterocycles. The molecule has 1 aromatic heterocycles. The van der Waals surface area contributed by atoms with Crippen molar-refractivity contribution in [3.63, 3.8) is 0 Å². The number of ether oxygens (including phenoxy) is 1. The highest BCUT2D eigenvalue weighted by Gasteiger charge is 2.06. The molecule has 2 aromatic rings. The molecule has 0 atom stereocenters. The molecule has 1 aromatic carbocycles. The normalized spacial score (nSPS) is 10.5. The standard InChI is InChI=1S/C11H12BrN3OS/c1-16-6-5-13-11-14-10(15-17-11)8-3-2-4-9(12)7-8/h2-4,7H,5-6H2,1H3,(H,13,14,15). The number of rotatable bonds is 5. The van der Waals surface area contributed by atoms with Gasteiger partial charge in [-0.3, -0.25) is 0 Å². The number of hydrogen-bond donors (Lipinski definition) is 1. The fourth-order valence-electron chi connectivity index (χ4n) is 1.30. The number of benzene rings is 1. The van der Waals surface area contributed by atoms with E-state index in [2.05, 4.69) is 30.6 Å². The Morgan fingerprint density at radius 1 is 1.47 bits per heavy atom. The van der Waals surface area contributed by atoms with E-state index in [1.54, 1.807) is 7.11 Å². The molecule has 0 bridgehead atoms. The number of nitrogens with one attached hydrogen (secondary N) is 1. The van der Waals surface area contributed by atoms with E-state index < -0.39 is 0 Å². The summed E-state index contributed by atoms with van der Waals surface area (Å²) in [5.74, 6) is 0.746. The molecule has 6 heteroatoms. The summed E-state index contributed by atoms with van der Waals surface area (Å²) < 4.78 is 10.3. The second kappa shape index (κ2) is 6.09. The van der Waals surface area contributed by atoms with Crippen LogP contribution in [0.2, 0.25) is 0 Å². The second-order valence-corrected chi connectivity index (χ2v) is 5.02. The van der Waals surface area contributed by atoms with Crippen LogP contribution in [0.1, 0.15) is 0 Å². The van der Waals surface area contributed by atoms with E-state index in [0.717, 1.165) is 27.5 Å². The van der Waals surface area contributed by atoms with Crippen LogP contribution in [0.5, 0.6) is 0 Å². The number of hydrogen-bond acceptors (Lipinski definition) is 5. The highest BCUT2D eigenvalue weighted by Crippen LogP contribution is 2.23. The summed E-state index contributed by atoms with van der Waals surface area (Å²) >= 11 is 4.79. The third-order valence-corrected chi connectivity index (χ3v) is 3.26. The van der Waals surface area contributed by atoms with Crippen molar-refractivity contribution >= 4 is 32.6 Å². The van der Waals surface area contributed by atoms with Crippen LogP contribution >= 0.6 is 27.5 Å². The van der Waals surface area contributed by atoms with Gasteiger partial charge in [-0.05, 0) is 12.1 Å². The first kappa shape index (κ1) is 12.5. The van der Waals surface area contributed by atoms with Crippen molar-refractivity contribution in [2.75, 3.05) is 25.6 Å². The molecule has 0 spiro atoms. The third-order valence-electron chi connectivity index (χ3n) is 2.09. The van der Waals surface area contributed by atoms with E-state index in [0.29, 0.717) is 6.61 Å². The summed E-state index contributed by atoms with van der Waals surface area (Å²) in [7, 11) is 1.68. The summed E-state index contributed by atoms with van der Waals surface area (Å²) in [5.41, 5.74) is 1.01. The van der Waals surface area contributed by atoms with E-state index in [9.17, 15) is 0 Å². The summed E-state index contributed by atoms with van der Waals surface area (Å²) in [6.07, 6.45) is 0. The average molecular weight is 314 g/mol. The molecule has 2 rings (SSSR count). The Morgan fingerprint density at radius 2 is 2.35 bits per heavy atom. The van der Waals surface area contributed by atoms with Crippen LogP contribution in [0.15, 0.2) is 28.7 Å². The largest absolute Gasteiger partial charge is 0.383 e. The van der Waals surface area contributed by atoms with E-state index in [-0.39, 0.29) is 0 Å². The molecule has 0 saturated heterocycles. The highest BCUT2D eigenvalue weighted by atomic mass is 79.9. The van der Waals surface area contributed by atoms with Gasteiger partial charge in [-0.25, -0.2) is 0 Å². The summed E-state index contributed by atoms with van der Waals surface area (Å²) in [6.45, 7) is 1.40. The van der Waals surface area contributed by atoms with Crippen molar-refractivity contribution in [3.8, 4) is 11.4 Å². The van der Waals surface area contributed by atoms with Gasteiger partial charge in [0.25, 0.3) is 0 Å². The Balaban J connectivity index is 2.07. The molecule has 0 unspecified atom stereocenters. The number of aromatic nitrogens is 2. The van der Waals surface area contributed by atoms with E-state index in [4.69, 9.17) is 4.74 Å². The van der Waals surface area contributed by atoms with Crippen LogP contribution in [0.25, 0.3) is 11.4 Å². The van der Waals surface area contributed by atoms with E-state index in [1.165, 1.54) is 11.5 Å². The number of halogens is 1. The lowest BCUT2D eigenvalue weighted by Gasteiger charge is -1.99. The lowest BCUT2D eigenvalue weighted by molar-refractivity contribution is 0.211. The fourth-order valence-corrected chi connectivity index (χ4v) is 2.31. The second-order valence-electron chi connectivity index (χ2n) is 3.35. The Kier molecular flexibility index (Phi) is 4.47. The third kappa shape index (κ3) is 3.49. The Morgan fingerprint density at radius 3 is 3.12 bits per heavy atom. The van der Waals surface area contributed by atoms with Gasteiger partial charge < -0.3 is 10.1 Å². The quantitative estimate of drug-likeness (QED) is 0.862. The maximum Gasteiger partial charge on any atom is 0.202 e. The van der Waals surface area contributed by atoms with Crippen molar-refractivity contribution in [2.24, 2.45) is 0 Å². The zero-order chi connectivity index (χ0) is 12.1. The van der Waals surface area contributed by atoms with Crippen molar-refractivity contribution in [2.45, 2.75) is 0 Å². The molecular weight excluding hydrogens is 302 g/mol. The molecule has 0 fully saturated rings. The molecule has 1 heterocycles. The van der Waals surface area contributed by atoms with Gasteiger partial charge in [0, 0.05) is 35.2 Å². The SMILES string of the molecule is COCCNc1nc(-c2cccc(Br)c2)ns1. The lowest BCUT2D eigenvalue weighted by atomic mass is 10.2. The first-order valence-corrected chi connectivity index (χ1v) is 6.68. The predicted molar refractivity (Wildman–Crippen MR) is 73.4 cm³/mol. The lowest BCUT2D eigenvalue weighted by Crippen LogP contribution is -2.06. The minimum atomic E-state index is 0.659. The van der Waals surface area contributed by atoms with Crippen molar-refractivity contribution < 1.29 is 4.74 Å². The average Bonchev–Trinajstić information content (AvgIpc) is 2.78. The monoisotopic (exact) mass is 313 g/mol.